The van der Waals surface area contributed by atoms with E-state index in [4.69, 9.17) is 9.47 Å². The highest BCUT2D eigenvalue weighted by Crippen LogP contribution is 2.31. The van der Waals surface area contributed by atoms with Gasteiger partial charge in [-0.3, -0.25) is 4.79 Å². The number of methoxy groups -OCH3 is 1. The van der Waals surface area contributed by atoms with Crippen LogP contribution < -0.4 is 10.1 Å². The van der Waals surface area contributed by atoms with Crippen molar-refractivity contribution >= 4 is 31.6 Å². The van der Waals surface area contributed by atoms with E-state index >= 15 is 0 Å². The number of morpholine rings is 1. The quantitative estimate of drug-likeness (QED) is 0.561. The third-order valence-electron chi connectivity index (χ3n) is 6.49. The molecule has 0 aliphatic carbocycles. The molecule has 2 aromatic carbocycles. The number of amides is 1. The number of carbonyl (C=O) groups excluding carboxylic acids is 1. The van der Waals surface area contributed by atoms with E-state index in [1.807, 2.05) is 13.8 Å². The SMILES string of the molecule is COc1ccc(S(=O)(=O)N2CCCCC2)cc1NC(=O)c1cccc(S(=O)(=O)N2C[C@H](C)O[C@@H](C)C2)c1. The predicted molar refractivity (Wildman–Crippen MR) is 139 cm³/mol. The van der Waals surface area contributed by atoms with Crippen LogP contribution >= 0.6 is 0 Å². The van der Waals surface area contributed by atoms with E-state index in [2.05, 4.69) is 5.32 Å². The molecule has 0 aromatic heterocycles. The molecule has 2 saturated heterocycles. The molecule has 2 atom stereocenters. The number of anilines is 1. The van der Waals surface area contributed by atoms with Gasteiger partial charge in [-0.15, -0.1) is 0 Å². The van der Waals surface area contributed by atoms with Crippen LogP contribution in [-0.2, 0) is 24.8 Å². The predicted octanol–water partition coefficient (Wildman–Crippen LogP) is 2.92. The number of nitrogens with one attached hydrogen (secondary N) is 1. The van der Waals surface area contributed by atoms with Crippen molar-refractivity contribution in [2.75, 3.05) is 38.6 Å². The molecular weight excluding hydrogens is 518 g/mol. The first-order valence-electron chi connectivity index (χ1n) is 12.3. The number of benzene rings is 2. The first-order chi connectivity index (χ1) is 17.5. The van der Waals surface area contributed by atoms with Gasteiger partial charge in [0.05, 0.1) is 34.8 Å². The lowest BCUT2D eigenvalue weighted by Gasteiger charge is -2.34. The van der Waals surface area contributed by atoms with Crippen LogP contribution in [0.2, 0.25) is 0 Å². The zero-order valence-corrected chi connectivity index (χ0v) is 22.8. The Morgan fingerprint density at radius 1 is 0.892 bits per heavy atom. The molecule has 4 rings (SSSR count). The number of sulfonamides is 2. The van der Waals surface area contributed by atoms with Crippen molar-refractivity contribution in [2.45, 2.75) is 55.1 Å². The van der Waals surface area contributed by atoms with Gasteiger partial charge >= 0.3 is 0 Å². The second-order valence-corrected chi connectivity index (χ2v) is 13.3. The maximum Gasteiger partial charge on any atom is 0.255 e. The molecule has 12 heteroatoms. The Labute approximate surface area is 218 Å². The number of rotatable bonds is 7. The van der Waals surface area contributed by atoms with Crippen molar-refractivity contribution in [1.82, 2.24) is 8.61 Å². The molecule has 2 aromatic rings. The first-order valence-corrected chi connectivity index (χ1v) is 15.2. The van der Waals surface area contributed by atoms with Gasteiger partial charge in [0.15, 0.2) is 0 Å². The lowest BCUT2D eigenvalue weighted by molar-refractivity contribution is -0.0440. The second-order valence-electron chi connectivity index (χ2n) is 9.39. The maximum absolute atomic E-state index is 13.3. The summed E-state index contributed by atoms with van der Waals surface area (Å²) in [5.41, 5.74) is 0.288. The molecule has 202 valence electrons. The normalized spacial score (nSPS) is 21.9. The van der Waals surface area contributed by atoms with Crippen molar-refractivity contribution in [2.24, 2.45) is 0 Å². The zero-order valence-electron chi connectivity index (χ0n) is 21.2. The van der Waals surface area contributed by atoms with Crippen LogP contribution in [0.4, 0.5) is 5.69 Å². The number of hydrogen-bond acceptors (Lipinski definition) is 7. The van der Waals surface area contributed by atoms with Crippen LogP contribution in [0.25, 0.3) is 0 Å². The number of piperidine rings is 1. The van der Waals surface area contributed by atoms with E-state index in [-0.39, 0.29) is 52.1 Å². The van der Waals surface area contributed by atoms with Gasteiger partial charge in [-0.2, -0.15) is 8.61 Å². The van der Waals surface area contributed by atoms with Crippen LogP contribution in [0.5, 0.6) is 5.75 Å². The fourth-order valence-electron chi connectivity index (χ4n) is 4.67. The summed E-state index contributed by atoms with van der Waals surface area (Å²) in [5, 5.41) is 2.69. The molecule has 0 bridgehead atoms. The molecule has 37 heavy (non-hydrogen) atoms. The highest BCUT2D eigenvalue weighted by atomic mass is 32.2. The van der Waals surface area contributed by atoms with Crippen LogP contribution in [-0.4, -0.2) is 76.8 Å². The van der Waals surface area contributed by atoms with Gasteiger partial charge in [0.2, 0.25) is 20.0 Å². The summed E-state index contributed by atoms with van der Waals surface area (Å²) < 4.78 is 66.6. The van der Waals surface area contributed by atoms with E-state index in [0.29, 0.717) is 13.1 Å². The number of nitrogens with zero attached hydrogens (tertiary/aromatic N) is 2. The van der Waals surface area contributed by atoms with Crippen molar-refractivity contribution in [3.05, 3.63) is 48.0 Å². The van der Waals surface area contributed by atoms with Crippen LogP contribution in [0.15, 0.2) is 52.3 Å². The van der Waals surface area contributed by atoms with E-state index in [1.54, 1.807) is 0 Å². The standard InChI is InChI=1S/C25H33N3O7S2/c1-18-16-28(17-19(2)35-18)37(32,33)21-9-7-8-20(14-21)25(29)26-23-15-22(10-11-24(23)34-3)36(30,31)27-12-5-4-6-13-27/h7-11,14-15,18-19H,4-6,12-13,16-17H2,1-3H3,(H,26,29)/t18-,19-/m0/s1. The van der Waals surface area contributed by atoms with E-state index < -0.39 is 26.0 Å². The average molecular weight is 552 g/mol. The molecule has 0 saturated carbocycles. The lowest BCUT2D eigenvalue weighted by Crippen LogP contribution is -2.48. The Balaban J connectivity index is 1.59. The third-order valence-corrected chi connectivity index (χ3v) is 10.2. The largest absolute Gasteiger partial charge is 0.495 e. The third kappa shape index (κ3) is 5.99. The number of carbonyl (C=O) groups is 1. The molecule has 0 radical (unpaired) electrons. The fourth-order valence-corrected chi connectivity index (χ4v) is 7.85. The molecule has 0 unspecified atom stereocenters. The molecule has 2 aliphatic rings. The van der Waals surface area contributed by atoms with Crippen molar-refractivity contribution in [1.29, 1.82) is 0 Å². The topological polar surface area (TPSA) is 122 Å². The molecule has 2 heterocycles. The molecule has 1 N–H and O–H groups in total. The molecule has 1 amide bonds. The summed E-state index contributed by atoms with van der Waals surface area (Å²) >= 11 is 0. The van der Waals surface area contributed by atoms with Crippen molar-refractivity contribution < 1.29 is 31.1 Å². The van der Waals surface area contributed by atoms with Crippen molar-refractivity contribution in [3.8, 4) is 5.75 Å². The van der Waals surface area contributed by atoms with Gasteiger partial charge in [-0.1, -0.05) is 12.5 Å². The van der Waals surface area contributed by atoms with Gasteiger partial charge < -0.3 is 14.8 Å². The highest BCUT2D eigenvalue weighted by molar-refractivity contribution is 7.89. The fraction of sp³-hybridized carbons (Fsp3) is 0.480. The van der Waals surface area contributed by atoms with Crippen LogP contribution in [0, 0.1) is 0 Å². The minimum Gasteiger partial charge on any atom is -0.495 e. The van der Waals surface area contributed by atoms with Crippen molar-refractivity contribution in [3.63, 3.8) is 0 Å². The summed E-state index contributed by atoms with van der Waals surface area (Å²) in [6, 6.07) is 10.1. The maximum atomic E-state index is 13.3. The molecule has 10 nitrogen and oxygen atoms in total. The van der Waals surface area contributed by atoms with Crippen LogP contribution in [0.3, 0.4) is 0 Å². The smallest absolute Gasteiger partial charge is 0.255 e. The lowest BCUT2D eigenvalue weighted by atomic mass is 10.2. The molecule has 2 fully saturated rings. The first kappa shape index (κ1) is 27.5. The minimum absolute atomic E-state index is 0.00478. The van der Waals surface area contributed by atoms with Gasteiger partial charge in [0.1, 0.15) is 5.75 Å². The second kappa shape index (κ2) is 11.1. The summed E-state index contributed by atoms with van der Waals surface area (Å²) in [6.07, 6.45) is 2.12. The van der Waals surface area contributed by atoms with E-state index in [1.165, 1.54) is 58.2 Å². The van der Waals surface area contributed by atoms with Gasteiger partial charge in [0.25, 0.3) is 5.91 Å². The van der Waals surface area contributed by atoms with Gasteiger partial charge in [-0.25, -0.2) is 16.8 Å². The Bertz CT molecular complexity index is 1350. The summed E-state index contributed by atoms with van der Waals surface area (Å²) in [5.74, 6) is -0.308. The highest BCUT2D eigenvalue weighted by Gasteiger charge is 2.33. The minimum atomic E-state index is -3.84. The van der Waals surface area contributed by atoms with E-state index in [0.717, 1.165) is 19.3 Å². The number of ether oxygens (including phenoxy) is 2. The Hall–Kier alpha value is -2.51. The summed E-state index contributed by atoms with van der Waals surface area (Å²) in [7, 11) is -6.15. The summed E-state index contributed by atoms with van der Waals surface area (Å²) in [6.45, 7) is 4.98. The monoisotopic (exact) mass is 551 g/mol. The Morgan fingerprint density at radius 2 is 1.51 bits per heavy atom. The zero-order chi connectivity index (χ0) is 26.8. The van der Waals surface area contributed by atoms with E-state index in [9.17, 15) is 21.6 Å². The van der Waals surface area contributed by atoms with Crippen LogP contribution in [0.1, 0.15) is 43.5 Å². The van der Waals surface area contributed by atoms with Gasteiger partial charge in [0, 0.05) is 31.7 Å². The Kier molecular flexibility index (Phi) is 8.24. The molecule has 2 aliphatic heterocycles. The van der Waals surface area contributed by atoms with Gasteiger partial charge in [-0.05, 0) is 63.1 Å². The Morgan fingerprint density at radius 3 is 2.16 bits per heavy atom. The summed E-state index contributed by atoms with van der Waals surface area (Å²) in [4.78, 5) is 13.2. The molecule has 0 spiro atoms. The molecular formula is C25H33N3O7S2. The average Bonchev–Trinajstić information content (AvgIpc) is 2.88. The number of hydrogen-bond donors (Lipinski definition) is 1.